The molecule has 0 saturated carbocycles. The average molecular weight is 400 g/mol. The van der Waals surface area contributed by atoms with Crippen LogP contribution in [0.1, 0.15) is 28.4 Å². The predicted molar refractivity (Wildman–Crippen MR) is 113 cm³/mol. The van der Waals surface area contributed by atoms with Gasteiger partial charge in [0, 0.05) is 16.8 Å². The molecule has 0 bridgehead atoms. The summed E-state index contributed by atoms with van der Waals surface area (Å²) in [5.74, 6) is -0.578. The van der Waals surface area contributed by atoms with Crippen LogP contribution in [0.3, 0.4) is 0 Å². The summed E-state index contributed by atoms with van der Waals surface area (Å²) in [6.07, 6.45) is -0.455. The average Bonchev–Trinajstić information content (AvgIpc) is 3.30. The molecule has 1 aliphatic rings. The van der Waals surface area contributed by atoms with Crippen LogP contribution < -0.4 is 5.32 Å². The van der Waals surface area contributed by atoms with Gasteiger partial charge < -0.3 is 10.1 Å². The topological polar surface area (TPSA) is 68.3 Å². The fraction of sp³-hybridized carbons (Fsp3) is 0.0870. The SMILES string of the molecule is O=C(C[C@@H]1OC(=O)c2ccccc21)Nc1ccc(-c2nc3ccccc3s2)cc1. The smallest absolute Gasteiger partial charge is 0.339 e. The first-order valence-electron chi connectivity index (χ1n) is 9.23. The molecule has 0 spiro atoms. The van der Waals surface area contributed by atoms with E-state index in [1.807, 2.05) is 54.6 Å². The third kappa shape index (κ3) is 3.39. The number of cyclic esters (lactones) is 1. The maximum absolute atomic E-state index is 12.4. The number of anilines is 1. The molecule has 1 aliphatic heterocycles. The summed E-state index contributed by atoms with van der Waals surface area (Å²) >= 11 is 1.64. The number of esters is 1. The van der Waals surface area contributed by atoms with Gasteiger partial charge in [0.05, 0.1) is 22.2 Å². The van der Waals surface area contributed by atoms with Gasteiger partial charge in [-0.25, -0.2) is 9.78 Å². The second-order valence-electron chi connectivity index (χ2n) is 6.80. The van der Waals surface area contributed by atoms with Crippen LogP contribution in [0, 0.1) is 0 Å². The maximum Gasteiger partial charge on any atom is 0.339 e. The van der Waals surface area contributed by atoms with E-state index in [1.165, 1.54) is 0 Å². The molecule has 4 aromatic rings. The van der Waals surface area contributed by atoms with Crippen molar-refractivity contribution in [3.05, 3.63) is 83.9 Å². The van der Waals surface area contributed by atoms with Gasteiger partial charge in [0.15, 0.2) is 0 Å². The van der Waals surface area contributed by atoms with E-state index in [0.29, 0.717) is 11.3 Å². The monoisotopic (exact) mass is 400 g/mol. The standard InChI is InChI=1S/C23H16N2O3S/c26-21(13-19-16-5-1-2-6-17(16)23(27)28-19)24-15-11-9-14(10-12-15)22-25-18-7-3-4-8-20(18)29-22/h1-12,19H,13H2,(H,24,26)/t19-/m0/s1. The van der Waals surface area contributed by atoms with Gasteiger partial charge in [-0.1, -0.05) is 30.3 Å². The molecule has 1 N–H and O–H groups in total. The van der Waals surface area contributed by atoms with Crippen molar-refractivity contribution >= 4 is 39.1 Å². The number of ether oxygens (including phenoxy) is 1. The molecule has 2 heterocycles. The first kappa shape index (κ1) is 17.6. The number of nitrogens with zero attached hydrogens (tertiary/aromatic N) is 1. The molecule has 1 amide bonds. The van der Waals surface area contributed by atoms with E-state index in [0.717, 1.165) is 26.4 Å². The Labute approximate surface area is 171 Å². The second kappa shape index (κ2) is 7.14. The number of benzene rings is 3. The van der Waals surface area contributed by atoms with Crippen molar-refractivity contribution in [1.29, 1.82) is 0 Å². The summed E-state index contributed by atoms with van der Waals surface area (Å²) in [6, 6.07) is 22.8. The Kier molecular flexibility index (Phi) is 4.33. The van der Waals surface area contributed by atoms with Crippen LogP contribution in [0.25, 0.3) is 20.8 Å². The molecule has 5 nitrogen and oxygen atoms in total. The molecule has 1 atom stereocenters. The Morgan fingerprint density at radius 2 is 1.76 bits per heavy atom. The molecule has 0 radical (unpaired) electrons. The lowest BCUT2D eigenvalue weighted by molar-refractivity contribution is -0.118. The fourth-order valence-corrected chi connectivity index (χ4v) is 4.41. The minimum Gasteiger partial charge on any atom is -0.453 e. The van der Waals surface area contributed by atoms with Crippen molar-refractivity contribution in [3.63, 3.8) is 0 Å². The lowest BCUT2D eigenvalue weighted by atomic mass is 10.0. The molecule has 1 aromatic heterocycles. The summed E-state index contributed by atoms with van der Waals surface area (Å²) < 4.78 is 6.48. The van der Waals surface area contributed by atoms with Gasteiger partial charge in [-0.2, -0.15) is 0 Å². The van der Waals surface area contributed by atoms with Crippen molar-refractivity contribution in [2.24, 2.45) is 0 Å². The number of carbonyl (C=O) groups excluding carboxylic acids is 2. The number of thiazole rings is 1. The third-order valence-corrected chi connectivity index (χ3v) is 5.94. The zero-order chi connectivity index (χ0) is 19.8. The van der Waals surface area contributed by atoms with Crippen LogP contribution in [0.4, 0.5) is 5.69 Å². The van der Waals surface area contributed by atoms with Crippen LogP contribution in [0.5, 0.6) is 0 Å². The summed E-state index contributed by atoms with van der Waals surface area (Å²) in [6.45, 7) is 0. The van der Waals surface area contributed by atoms with Crippen molar-refractivity contribution in [1.82, 2.24) is 4.98 Å². The van der Waals surface area contributed by atoms with Gasteiger partial charge in [-0.15, -0.1) is 11.3 Å². The number of hydrogen-bond acceptors (Lipinski definition) is 5. The minimum absolute atomic E-state index is 0.0857. The Morgan fingerprint density at radius 1 is 1.00 bits per heavy atom. The van der Waals surface area contributed by atoms with Crippen molar-refractivity contribution in [2.75, 3.05) is 5.32 Å². The zero-order valence-corrected chi connectivity index (χ0v) is 16.1. The summed E-state index contributed by atoms with van der Waals surface area (Å²) in [4.78, 5) is 29.0. The van der Waals surface area contributed by atoms with Crippen LogP contribution in [0.15, 0.2) is 72.8 Å². The Hall–Kier alpha value is -3.51. The highest BCUT2D eigenvalue weighted by molar-refractivity contribution is 7.21. The summed E-state index contributed by atoms with van der Waals surface area (Å²) in [7, 11) is 0. The van der Waals surface area contributed by atoms with E-state index in [2.05, 4.69) is 16.4 Å². The van der Waals surface area contributed by atoms with E-state index in [4.69, 9.17) is 4.74 Å². The van der Waals surface area contributed by atoms with Crippen LogP contribution in [-0.2, 0) is 9.53 Å². The van der Waals surface area contributed by atoms with E-state index in [-0.39, 0.29) is 18.3 Å². The molecule has 5 rings (SSSR count). The van der Waals surface area contributed by atoms with E-state index >= 15 is 0 Å². The Bertz CT molecular complexity index is 1200. The number of carbonyl (C=O) groups is 2. The van der Waals surface area contributed by atoms with Gasteiger partial charge in [0.2, 0.25) is 5.91 Å². The lowest BCUT2D eigenvalue weighted by Gasteiger charge is -2.11. The third-order valence-electron chi connectivity index (χ3n) is 4.86. The number of hydrogen-bond donors (Lipinski definition) is 1. The van der Waals surface area contributed by atoms with Crippen molar-refractivity contribution in [3.8, 4) is 10.6 Å². The van der Waals surface area contributed by atoms with Crippen LogP contribution in [-0.4, -0.2) is 16.9 Å². The zero-order valence-electron chi connectivity index (χ0n) is 15.3. The van der Waals surface area contributed by atoms with Crippen molar-refractivity contribution in [2.45, 2.75) is 12.5 Å². The molecule has 0 saturated heterocycles. The Balaban J connectivity index is 1.28. The van der Waals surface area contributed by atoms with E-state index in [1.54, 1.807) is 23.5 Å². The lowest BCUT2D eigenvalue weighted by Crippen LogP contribution is -2.15. The largest absolute Gasteiger partial charge is 0.453 e. The van der Waals surface area contributed by atoms with E-state index < -0.39 is 6.10 Å². The fourth-order valence-electron chi connectivity index (χ4n) is 3.44. The van der Waals surface area contributed by atoms with Crippen LogP contribution >= 0.6 is 11.3 Å². The number of aromatic nitrogens is 1. The van der Waals surface area contributed by atoms with Gasteiger partial charge in [-0.05, 0) is 42.5 Å². The number of para-hydroxylation sites is 1. The number of rotatable bonds is 4. The Morgan fingerprint density at radius 3 is 2.59 bits per heavy atom. The second-order valence-corrected chi connectivity index (χ2v) is 7.83. The molecule has 0 aliphatic carbocycles. The number of nitrogens with one attached hydrogen (secondary N) is 1. The van der Waals surface area contributed by atoms with Gasteiger partial charge in [0.25, 0.3) is 0 Å². The van der Waals surface area contributed by atoms with E-state index in [9.17, 15) is 9.59 Å². The molecule has 29 heavy (non-hydrogen) atoms. The predicted octanol–water partition coefficient (Wildman–Crippen LogP) is 5.20. The highest BCUT2D eigenvalue weighted by Crippen LogP contribution is 2.33. The number of amides is 1. The molecule has 0 fully saturated rings. The molecule has 6 heteroatoms. The summed E-state index contributed by atoms with van der Waals surface area (Å²) in [5.41, 5.74) is 3.97. The first-order valence-corrected chi connectivity index (χ1v) is 10.0. The molecular formula is C23H16N2O3S. The van der Waals surface area contributed by atoms with Gasteiger partial charge in [0.1, 0.15) is 11.1 Å². The highest BCUT2D eigenvalue weighted by Gasteiger charge is 2.32. The van der Waals surface area contributed by atoms with Gasteiger partial charge in [-0.3, -0.25) is 4.79 Å². The molecular weight excluding hydrogens is 384 g/mol. The van der Waals surface area contributed by atoms with Crippen molar-refractivity contribution < 1.29 is 14.3 Å². The maximum atomic E-state index is 12.4. The quantitative estimate of drug-likeness (QED) is 0.478. The highest BCUT2D eigenvalue weighted by atomic mass is 32.1. The molecule has 0 unspecified atom stereocenters. The van der Waals surface area contributed by atoms with Gasteiger partial charge >= 0.3 is 5.97 Å². The normalized spacial score (nSPS) is 15.2. The number of fused-ring (bicyclic) bond motifs is 2. The molecule has 142 valence electrons. The summed E-state index contributed by atoms with van der Waals surface area (Å²) in [5, 5.41) is 3.82. The molecule has 3 aromatic carbocycles. The minimum atomic E-state index is -0.541. The first-order chi connectivity index (χ1) is 14.2. The van der Waals surface area contributed by atoms with Crippen LogP contribution in [0.2, 0.25) is 0 Å².